The average Bonchev–Trinajstić information content (AvgIpc) is 2.74. The van der Waals surface area contributed by atoms with E-state index in [-0.39, 0.29) is 17.0 Å². The maximum absolute atomic E-state index is 11.8. The minimum Gasteiger partial charge on any atom is -0.477 e. The van der Waals surface area contributed by atoms with Crippen LogP contribution in [0.15, 0.2) is 23.1 Å². The highest BCUT2D eigenvalue weighted by Crippen LogP contribution is 2.54. The molecule has 0 spiro atoms. The van der Waals surface area contributed by atoms with Crippen molar-refractivity contribution in [3.63, 3.8) is 0 Å². The minimum absolute atomic E-state index is 0.112. The Morgan fingerprint density at radius 3 is 2.67 bits per heavy atom. The quantitative estimate of drug-likeness (QED) is 0.799. The van der Waals surface area contributed by atoms with Crippen LogP contribution in [0.5, 0.6) is 0 Å². The molecule has 1 aromatic rings. The zero-order valence-corrected chi connectivity index (χ0v) is 8.73. The van der Waals surface area contributed by atoms with Crippen molar-refractivity contribution in [2.45, 2.75) is 26.3 Å². The van der Waals surface area contributed by atoms with Crippen LogP contribution >= 0.6 is 0 Å². The number of carboxylic acids is 1. The van der Waals surface area contributed by atoms with Crippen LogP contribution in [-0.4, -0.2) is 15.6 Å². The second-order valence-electron chi connectivity index (χ2n) is 4.65. The summed E-state index contributed by atoms with van der Waals surface area (Å²) in [5.41, 5.74) is -0.443. The fourth-order valence-electron chi connectivity index (χ4n) is 1.83. The Bertz CT molecular complexity index is 473. The highest BCUT2D eigenvalue weighted by molar-refractivity contribution is 5.86. The molecule has 1 aromatic heterocycles. The number of hydrogen-bond donors (Lipinski definition) is 1. The molecule has 0 amide bonds. The van der Waals surface area contributed by atoms with E-state index in [4.69, 9.17) is 5.11 Å². The number of hydrogen-bond acceptors (Lipinski definition) is 2. The first-order chi connectivity index (χ1) is 6.93. The molecule has 0 saturated heterocycles. The van der Waals surface area contributed by atoms with Crippen LogP contribution in [0.3, 0.4) is 0 Å². The van der Waals surface area contributed by atoms with Crippen molar-refractivity contribution in [2.24, 2.45) is 5.41 Å². The molecule has 0 aromatic carbocycles. The number of carbonyl (C=O) groups is 1. The van der Waals surface area contributed by atoms with Gasteiger partial charge in [-0.05, 0) is 24.0 Å². The summed E-state index contributed by atoms with van der Waals surface area (Å²) in [6, 6.07) is 3.10. The molecule has 1 unspecified atom stereocenters. The van der Waals surface area contributed by atoms with Gasteiger partial charge in [-0.25, -0.2) is 4.79 Å². The third-order valence-corrected chi connectivity index (χ3v) is 3.00. The number of aromatic nitrogens is 1. The van der Waals surface area contributed by atoms with Crippen molar-refractivity contribution in [1.29, 1.82) is 0 Å². The van der Waals surface area contributed by atoms with Crippen LogP contribution in [0.1, 0.15) is 36.7 Å². The van der Waals surface area contributed by atoms with Crippen molar-refractivity contribution in [1.82, 2.24) is 4.57 Å². The number of nitrogens with zero attached hydrogens (tertiary/aromatic N) is 1. The van der Waals surface area contributed by atoms with E-state index in [1.165, 1.54) is 10.6 Å². The van der Waals surface area contributed by atoms with Gasteiger partial charge in [-0.1, -0.05) is 13.8 Å². The lowest BCUT2D eigenvalue weighted by atomic mass is 10.2. The topological polar surface area (TPSA) is 59.3 Å². The van der Waals surface area contributed by atoms with Crippen LogP contribution in [0.25, 0.3) is 0 Å². The largest absolute Gasteiger partial charge is 0.477 e. The lowest BCUT2D eigenvalue weighted by Crippen LogP contribution is -2.26. The van der Waals surface area contributed by atoms with E-state index in [1.807, 2.05) is 0 Å². The summed E-state index contributed by atoms with van der Waals surface area (Å²) in [6.45, 7) is 4.13. The lowest BCUT2D eigenvalue weighted by molar-refractivity contribution is 0.0694. The fraction of sp³-hybridized carbons (Fsp3) is 0.455. The van der Waals surface area contributed by atoms with Gasteiger partial charge >= 0.3 is 5.97 Å². The Hall–Kier alpha value is -1.58. The molecule has 1 heterocycles. The maximum atomic E-state index is 11.8. The van der Waals surface area contributed by atoms with Crippen LogP contribution in [0.2, 0.25) is 0 Å². The van der Waals surface area contributed by atoms with E-state index in [2.05, 4.69) is 13.8 Å². The number of carboxylic acid groups (broad SMARTS) is 1. The summed E-state index contributed by atoms with van der Waals surface area (Å²) in [6.07, 6.45) is 2.59. The number of aromatic carboxylic acids is 1. The van der Waals surface area contributed by atoms with Crippen LogP contribution < -0.4 is 5.56 Å². The summed E-state index contributed by atoms with van der Waals surface area (Å²) in [5, 5.41) is 8.81. The van der Waals surface area contributed by atoms with Gasteiger partial charge in [-0.3, -0.25) is 4.79 Å². The highest BCUT2D eigenvalue weighted by Gasteiger charge is 2.47. The molecule has 1 atom stereocenters. The minimum atomic E-state index is -1.16. The van der Waals surface area contributed by atoms with Crippen molar-refractivity contribution < 1.29 is 9.90 Å². The van der Waals surface area contributed by atoms with Gasteiger partial charge in [0.1, 0.15) is 5.56 Å². The predicted molar refractivity (Wildman–Crippen MR) is 55.1 cm³/mol. The Morgan fingerprint density at radius 2 is 2.20 bits per heavy atom. The molecule has 0 radical (unpaired) electrons. The normalized spacial score (nSPS) is 22.4. The first-order valence-corrected chi connectivity index (χ1v) is 4.88. The standard InChI is InChI=1S/C11H13NO3/c1-11(2)6-8(11)12-5-3-4-7(9(12)13)10(14)15/h3-5,8H,6H2,1-2H3,(H,14,15). The van der Waals surface area contributed by atoms with E-state index in [0.717, 1.165) is 6.42 Å². The van der Waals surface area contributed by atoms with Crippen molar-refractivity contribution >= 4 is 5.97 Å². The molecule has 1 N–H and O–H groups in total. The fourth-order valence-corrected chi connectivity index (χ4v) is 1.83. The van der Waals surface area contributed by atoms with Gasteiger partial charge in [0.25, 0.3) is 5.56 Å². The molecule has 4 nitrogen and oxygen atoms in total. The molecule has 0 bridgehead atoms. The first-order valence-electron chi connectivity index (χ1n) is 4.88. The van der Waals surface area contributed by atoms with Crippen LogP contribution in [-0.2, 0) is 0 Å². The highest BCUT2D eigenvalue weighted by atomic mass is 16.4. The number of rotatable bonds is 2. The first kappa shape index (κ1) is 9.96. The summed E-state index contributed by atoms with van der Waals surface area (Å²) in [7, 11) is 0. The predicted octanol–water partition coefficient (Wildman–Crippen LogP) is 1.52. The van der Waals surface area contributed by atoms with Gasteiger partial charge in [-0.2, -0.15) is 0 Å². The van der Waals surface area contributed by atoms with E-state index < -0.39 is 11.5 Å². The molecule has 0 aliphatic heterocycles. The molecular weight excluding hydrogens is 194 g/mol. The third-order valence-electron chi connectivity index (χ3n) is 3.00. The second-order valence-corrected chi connectivity index (χ2v) is 4.65. The van der Waals surface area contributed by atoms with Gasteiger partial charge < -0.3 is 9.67 Å². The van der Waals surface area contributed by atoms with Crippen LogP contribution in [0, 0.1) is 5.41 Å². The van der Waals surface area contributed by atoms with Crippen molar-refractivity contribution in [2.75, 3.05) is 0 Å². The molecule has 1 aliphatic carbocycles. The molecule has 1 aliphatic rings. The van der Waals surface area contributed by atoms with E-state index in [0.29, 0.717) is 0 Å². The zero-order valence-electron chi connectivity index (χ0n) is 8.73. The number of pyridine rings is 1. The summed E-state index contributed by atoms with van der Waals surface area (Å²) >= 11 is 0. The average molecular weight is 207 g/mol. The van der Waals surface area contributed by atoms with Crippen molar-refractivity contribution in [3.05, 3.63) is 34.2 Å². The van der Waals surface area contributed by atoms with E-state index in [9.17, 15) is 9.59 Å². The Morgan fingerprint density at radius 1 is 1.60 bits per heavy atom. The summed E-state index contributed by atoms with van der Waals surface area (Å²) in [4.78, 5) is 22.5. The molecule has 1 fully saturated rings. The molecule has 1 saturated carbocycles. The maximum Gasteiger partial charge on any atom is 0.341 e. The van der Waals surface area contributed by atoms with E-state index >= 15 is 0 Å². The van der Waals surface area contributed by atoms with Gasteiger partial charge in [0, 0.05) is 12.2 Å². The van der Waals surface area contributed by atoms with Gasteiger partial charge in [0.15, 0.2) is 0 Å². The molecule has 4 heteroatoms. The van der Waals surface area contributed by atoms with Crippen molar-refractivity contribution in [3.8, 4) is 0 Å². The molecular formula is C11H13NO3. The van der Waals surface area contributed by atoms with Crippen LogP contribution in [0.4, 0.5) is 0 Å². The molecule has 2 rings (SSSR count). The Kier molecular flexibility index (Phi) is 1.96. The smallest absolute Gasteiger partial charge is 0.341 e. The lowest BCUT2D eigenvalue weighted by Gasteiger charge is -2.07. The Labute approximate surface area is 87.2 Å². The zero-order chi connectivity index (χ0) is 11.2. The Balaban J connectivity index is 2.47. The monoisotopic (exact) mass is 207 g/mol. The van der Waals surface area contributed by atoms with Gasteiger partial charge in [-0.15, -0.1) is 0 Å². The van der Waals surface area contributed by atoms with Gasteiger partial charge in [0.2, 0.25) is 0 Å². The summed E-state index contributed by atoms with van der Waals surface area (Å²) in [5.74, 6) is -1.16. The summed E-state index contributed by atoms with van der Waals surface area (Å²) < 4.78 is 1.53. The SMILES string of the molecule is CC1(C)CC1n1cccc(C(=O)O)c1=O. The molecule has 80 valence electrons. The van der Waals surface area contributed by atoms with E-state index in [1.54, 1.807) is 12.3 Å². The van der Waals surface area contributed by atoms with Gasteiger partial charge in [0.05, 0.1) is 0 Å². The third kappa shape index (κ3) is 1.56. The second kappa shape index (κ2) is 2.95. The molecule has 15 heavy (non-hydrogen) atoms.